The zero-order valence-corrected chi connectivity index (χ0v) is 13.6. The second kappa shape index (κ2) is 6.53. The number of rotatable bonds is 4. The Kier molecular flexibility index (Phi) is 4.99. The quantitative estimate of drug-likeness (QED) is 0.688. The second-order valence-electron chi connectivity index (χ2n) is 4.26. The number of halogens is 3. The van der Waals surface area contributed by atoms with E-state index in [0.717, 1.165) is 20.9 Å². The van der Waals surface area contributed by atoms with E-state index in [0.29, 0.717) is 5.69 Å². The normalized spacial score (nSPS) is 12.2. The van der Waals surface area contributed by atoms with Crippen molar-refractivity contribution in [2.45, 2.75) is 19.4 Å². The molecular formula is C15H14Br2FN. The van der Waals surface area contributed by atoms with Crippen LogP contribution in [0.1, 0.15) is 24.9 Å². The van der Waals surface area contributed by atoms with E-state index in [1.165, 1.54) is 6.07 Å². The van der Waals surface area contributed by atoms with Crippen LogP contribution in [0.5, 0.6) is 0 Å². The second-order valence-corrected chi connectivity index (χ2v) is 6.03. The van der Waals surface area contributed by atoms with Crippen LogP contribution in [0.3, 0.4) is 0 Å². The Labute approximate surface area is 129 Å². The van der Waals surface area contributed by atoms with E-state index in [-0.39, 0.29) is 11.9 Å². The first-order valence-corrected chi connectivity index (χ1v) is 7.66. The molecule has 0 saturated heterocycles. The lowest BCUT2D eigenvalue weighted by Crippen LogP contribution is -2.11. The van der Waals surface area contributed by atoms with Crippen LogP contribution in [0.25, 0.3) is 0 Å². The highest BCUT2D eigenvalue weighted by Gasteiger charge is 2.13. The van der Waals surface area contributed by atoms with Gasteiger partial charge in [0, 0.05) is 8.95 Å². The van der Waals surface area contributed by atoms with Crippen LogP contribution in [-0.4, -0.2) is 0 Å². The summed E-state index contributed by atoms with van der Waals surface area (Å²) in [5, 5.41) is 3.27. The molecule has 0 bridgehead atoms. The molecule has 0 fully saturated rings. The van der Waals surface area contributed by atoms with Crippen LogP contribution in [0.4, 0.5) is 10.1 Å². The minimum absolute atomic E-state index is 0.0747. The molecule has 100 valence electrons. The Morgan fingerprint density at radius 2 is 1.89 bits per heavy atom. The summed E-state index contributed by atoms with van der Waals surface area (Å²) in [6, 6.07) is 13.1. The molecule has 0 saturated carbocycles. The van der Waals surface area contributed by atoms with Crippen molar-refractivity contribution in [2.75, 3.05) is 5.32 Å². The molecule has 1 N–H and O–H groups in total. The van der Waals surface area contributed by atoms with Crippen molar-refractivity contribution in [3.05, 3.63) is 62.8 Å². The summed E-state index contributed by atoms with van der Waals surface area (Å²) in [5.74, 6) is -0.247. The summed E-state index contributed by atoms with van der Waals surface area (Å²) in [4.78, 5) is 0. The summed E-state index contributed by atoms with van der Waals surface area (Å²) < 4.78 is 15.6. The highest BCUT2D eigenvalue weighted by atomic mass is 79.9. The van der Waals surface area contributed by atoms with Gasteiger partial charge in [0.15, 0.2) is 0 Å². The standard InChI is InChI=1S/C15H14Br2FN/c1-2-14(10-5-3-6-11(16)9-10)19-15-12(17)7-4-8-13(15)18/h3-9,14,19H,2H2,1H3. The van der Waals surface area contributed by atoms with Crippen LogP contribution in [0.2, 0.25) is 0 Å². The number of nitrogens with one attached hydrogen (secondary N) is 1. The predicted octanol–water partition coefficient (Wildman–Crippen LogP) is 5.91. The molecule has 2 aromatic carbocycles. The fraction of sp³-hybridized carbons (Fsp3) is 0.200. The monoisotopic (exact) mass is 385 g/mol. The molecule has 0 aromatic heterocycles. The van der Waals surface area contributed by atoms with Gasteiger partial charge in [0.05, 0.1) is 11.7 Å². The maximum absolute atomic E-state index is 13.8. The summed E-state index contributed by atoms with van der Waals surface area (Å²) in [7, 11) is 0. The summed E-state index contributed by atoms with van der Waals surface area (Å²) in [5.41, 5.74) is 1.64. The van der Waals surface area contributed by atoms with E-state index in [2.05, 4.69) is 50.2 Å². The zero-order valence-electron chi connectivity index (χ0n) is 10.5. The number of hydrogen-bond donors (Lipinski definition) is 1. The molecule has 0 aliphatic heterocycles. The molecule has 0 aliphatic carbocycles. The van der Waals surface area contributed by atoms with Crippen molar-refractivity contribution in [1.82, 2.24) is 0 Å². The van der Waals surface area contributed by atoms with Gasteiger partial charge in [0.1, 0.15) is 5.82 Å². The molecule has 0 heterocycles. The van der Waals surface area contributed by atoms with E-state index in [1.54, 1.807) is 6.07 Å². The smallest absolute Gasteiger partial charge is 0.147 e. The molecule has 2 rings (SSSR count). The van der Waals surface area contributed by atoms with Crippen LogP contribution in [-0.2, 0) is 0 Å². The minimum Gasteiger partial charge on any atom is -0.375 e. The van der Waals surface area contributed by atoms with E-state index in [4.69, 9.17) is 0 Å². The van der Waals surface area contributed by atoms with Gasteiger partial charge in [0.2, 0.25) is 0 Å². The molecule has 0 aliphatic rings. The number of para-hydroxylation sites is 1. The molecule has 19 heavy (non-hydrogen) atoms. The van der Waals surface area contributed by atoms with Gasteiger partial charge in [-0.05, 0) is 52.2 Å². The van der Waals surface area contributed by atoms with Crippen molar-refractivity contribution in [3.8, 4) is 0 Å². The van der Waals surface area contributed by atoms with Gasteiger partial charge in [-0.25, -0.2) is 4.39 Å². The third-order valence-corrected chi connectivity index (χ3v) is 4.09. The summed E-state index contributed by atoms with van der Waals surface area (Å²) in [6.07, 6.45) is 0.872. The van der Waals surface area contributed by atoms with Crippen LogP contribution in [0, 0.1) is 5.82 Å². The molecule has 4 heteroatoms. The molecule has 1 nitrogen and oxygen atoms in total. The van der Waals surface area contributed by atoms with Crippen LogP contribution >= 0.6 is 31.9 Å². The van der Waals surface area contributed by atoms with E-state index >= 15 is 0 Å². The zero-order chi connectivity index (χ0) is 13.8. The van der Waals surface area contributed by atoms with Gasteiger partial charge in [-0.3, -0.25) is 0 Å². The number of benzene rings is 2. The Bertz CT molecular complexity index is 552. The summed E-state index contributed by atoms with van der Waals surface area (Å²) in [6.45, 7) is 2.08. The Balaban J connectivity index is 2.29. The van der Waals surface area contributed by atoms with Gasteiger partial charge < -0.3 is 5.32 Å². The van der Waals surface area contributed by atoms with Crippen LogP contribution in [0.15, 0.2) is 51.4 Å². The first-order chi connectivity index (χ1) is 9.11. The third-order valence-electron chi connectivity index (χ3n) is 2.94. The van der Waals surface area contributed by atoms with Crippen molar-refractivity contribution in [1.29, 1.82) is 0 Å². The van der Waals surface area contributed by atoms with Gasteiger partial charge in [0.25, 0.3) is 0 Å². The molecular weight excluding hydrogens is 373 g/mol. The predicted molar refractivity (Wildman–Crippen MR) is 84.9 cm³/mol. The maximum atomic E-state index is 13.8. The molecule has 0 spiro atoms. The lowest BCUT2D eigenvalue weighted by atomic mass is 10.0. The van der Waals surface area contributed by atoms with Crippen LogP contribution < -0.4 is 5.32 Å². The van der Waals surface area contributed by atoms with Gasteiger partial charge in [-0.2, -0.15) is 0 Å². The molecule has 0 radical (unpaired) electrons. The molecule has 1 unspecified atom stereocenters. The van der Waals surface area contributed by atoms with Gasteiger partial charge in [-0.1, -0.05) is 41.1 Å². The Morgan fingerprint density at radius 3 is 2.53 bits per heavy atom. The lowest BCUT2D eigenvalue weighted by molar-refractivity contribution is 0.623. The maximum Gasteiger partial charge on any atom is 0.147 e. The Hall–Kier alpha value is -0.870. The van der Waals surface area contributed by atoms with Gasteiger partial charge in [-0.15, -0.1) is 0 Å². The van der Waals surface area contributed by atoms with E-state index in [1.807, 2.05) is 24.3 Å². The Morgan fingerprint density at radius 1 is 1.16 bits per heavy atom. The first-order valence-electron chi connectivity index (χ1n) is 6.08. The van der Waals surface area contributed by atoms with E-state index in [9.17, 15) is 4.39 Å². The minimum atomic E-state index is -0.247. The fourth-order valence-electron chi connectivity index (χ4n) is 1.95. The molecule has 1 atom stereocenters. The van der Waals surface area contributed by atoms with E-state index < -0.39 is 0 Å². The average Bonchev–Trinajstić information content (AvgIpc) is 2.38. The molecule has 0 amide bonds. The van der Waals surface area contributed by atoms with Gasteiger partial charge >= 0.3 is 0 Å². The largest absolute Gasteiger partial charge is 0.375 e. The summed E-state index contributed by atoms with van der Waals surface area (Å²) >= 11 is 6.84. The number of anilines is 1. The number of hydrogen-bond acceptors (Lipinski definition) is 1. The SMILES string of the molecule is CCC(Nc1c(F)cccc1Br)c1cccc(Br)c1. The highest BCUT2D eigenvalue weighted by Crippen LogP contribution is 2.31. The fourth-order valence-corrected chi connectivity index (χ4v) is 2.83. The highest BCUT2D eigenvalue weighted by molar-refractivity contribution is 9.10. The van der Waals surface area contributed by atoms with Crippen molar-refractivity contribution in [2.24, 2.45) is 0 Å². The lowest BCUT2D eigenvalue weighted by Gasteiger charge is -2.20. The molecule has 2 aromatic rings. The third kappa shape index (κ3) is 3.57. The van der Waals surface area contributed by atoms with Crippen molar-refractivity contribution < 1.29 is 4.39 Å². The average molecular weight is 387 g/mol. The van der Waals surface area contributed by atoms with Crippen molar-refractivity contribution >= 4 is 37.5 Å². The topological polar surface area (TPSA) is 12.0 Å². The van der Waals surface area contributed by atoms with Crippen molar-refractivity contribution in [3.63, 3.8) is 0 Å². The first kappa shape index (κ1) is 14.5.